The predicted octanol–water partition coefficient (Wildman–Crippen LogP) is 2.03. The van der Waals surface area contributed by atoms with Crippen molar-refractivity contribution in [1.29, 1.82) is 0 Å². The van der Waals surface area contributed by atoms with E-state index < -0.39 is 0 Å². The fourth-order valence-electron chi connectivity index (χ4n) is 2.79. The third-order valence-corrected chi connectivity index (χ3v) is 5.67. The molecular formula is C19H30N6O3S. The minimum atomic E-state index is -0.356. The number of fused-ring (bicyclic) bond motifs is 1. The first-order valence-corrected chi connectivity index (χ1v) is 10.5. The van der Waals surface area contributed by atoms with E-state index in [0.717, 1.165) is 16.6 Å². The fourth-order valence-corrected chi connectivity index (χ4v) is 3.79. The molecule has 160 valence electrons. The highest BCUT2D eigenvalue weighted by molar-refractivity contribution is 7.21. The molecule has 1 fully saturated rings. The van der Waals surface area contributed by atoms with Gasteiger partial charge in [-0.1, -0.05) is 13.8 Å². The van der Waals surface area contributed by atoms with Crippen molar-refractivity contribution in [3.8, 4) is 0 Å². The van der Waals surface area contributed by atoms with Crippen LogP contribution in [0.2, 0.25) is 0 Å². The Balaban J connectivity index is 0.00000145. The molecule has 2 amide bonds. The second-order valence-corrected chi connectivity index (χ2v) is 7.93. The van der Waals surface area contributed by atoms with Crippen molar-refractivity contribution in [3.63, 3.8) is 0 Å². The van der Waals surface area contributed by atoms with Gasteiger partial charge in [0.15, 0.2) is 0 Å². The van der Waals surface area contributed by atoms with Gasteiger partial charge in [-0.15, -0.1) is 16.4 Å². The molecular weight excluding hydrogens is 392 g/mol. The van der Waals surface area contributed by atoms with E-state index in [-0.39, 0.29) is 18.0 Å². The Morgan fingerprint density at radius 2 is 1.93 bits per heavy atom. The average molecular weight is 423 g/mol. The van der Waals surface area contributed by atoms with Crippen molar-refractivity contribution in [1.82, 2.24) is 25.3 Å². The smallest absolute Gasteiger partial charge is 0.409 e. The molecule has 0 saturated carbocycles. The number of carbonyl (C=O) groups excluding carboxylic acids is 2. The number of thiophene rings is 1. The van der Waals surface area contributed by atoms with Crippen LogP contribution in [0.1, 0.15) is 34.8 Å². The van der Waals surface area contributed by atoms with Gasteiger partial charge in [0.25, 0.3) is 5.91 Å². The molecule has 0 spiro atoms. The molecule has 0 aliphatic carbocycles. The Bertz CT molecular complexity index is 876. The molecule has 1 saturated heterocycles. The summed E-state index contributed by atoms with van der Waals surface area (Å²) < 4.78 is 5.18. The van der Waals surface area contributed by atoms with Crippen molar-refractivity contribution in [3.05, 3.63) is 16.1 Å². The zero-order valence-electron chi connectivity index (χ0n) is 17.9. The number of hydrogen-bond acceptors (Lipinski definition) is 8. The summed E-state index contributed by atoms with van der Waals surface area (Å²) in [7, 11) is 3.83. The highest BCUT2D eigenvalue weighted by Crippen LogP contribution is 2.34. The van der Waals surface area contributed by atoms with Gasteiger partial charge in [-0.2, -0.15) is 5.10 Å². The number of likely N-dealkylation sites (tertiary alicyclic amines) is 1. The first-order valence-electron chi connectivity index (χ1n) is 9.67. The second-order valence-electron chi connectivity index (χ2n) is 6.93. The Morgan fingerprint density at radius 3 is 2.55 bits per heavy atom. The van der Waals surface area contributed by atoms with E-state index in [2.05, 4.69) is 15.5 Å². The van der Waals surface area contributed by atoms with Crippen molar-refractivity contribution in [2.75, 3.05) is 46.1 Å². The number of likely N-dealkylation sites (N-methyl/N-ethyl adjacent to an activating group) is 1. The standard InChI is InChI=1S/C17H24N6O3S.C2H6/c1-9-10(2)20-21-16-12(9)13(18)14(27-16)15(24)19-11-7-23(8-11)17(25)26-6-5-22(3)4;1-2/h11H,5-8,18H2,1-4H3,(H,19,24);1-2H3. The number of carbonyl (C=O) groups is 2. The molecule has 0 aromatic carbocycles. The Kier molecular flexibility index (Phi) is 7.74. The van der Waals surface area contributed by atoms with Crippen LogP contribution in [-0.2, 0) is 4.74 Å². The zero-order valence-corrected chi connectivity index (χ0v) is 18.7. The molecule has 29 heavy (non-hydrogen) atoms. The first-order chi connectivity index (χ1) is 13.8. The molecule has 0 radical (unpaired) electrons. The third kappa shape index (κ3) is 5.13. The number of hydrogen-bond donors (Lipinski definition) is 2. The Labute approximate surface area is 175 Å². The number of aromatic nitrogens is 2. The van der Waals surface area contributed by atoms with Crippen LogP contribution >= 0.6 is 11.3 Å². The molecule has 3 heterocycles. The van der Waals surface area contributed by atoms with Crippen LogP contribution in [0.4, 0.5) is 10.5 Å². The van der Waals surface area contributed by atoms with Crippen LogP contribution in [-0.4, -0.2) is 78.4 Å². The van der Waals surface area contributed by atoms with Crippen molar-refractivity contribution < 1.29 is 14.3 Å². The predicted molar refractivity (Wildman–Crippen MR) is 115 cm³/mol. The Morgan fingerprint density at radius 1 is 1.28 bits per heavy atom. The van der Waals surface area contributed by atoms with Crippen LogP contribution in [0.5, 0.6) is 0 Å². The lowest BCUT2D eigenvalue weighted by Gasteiger charge is -2.38. The van der Waals surface area contributed by atoms with Crippen LogP contribution in [0.25, 0.3) is 10.2 Å². The number of aryl methyl sites for hydroxylation is 2. The number of amides is 2. The van der Waals surface area contributed by atoms with Gasteiger partial charge < -0.3 is 25.6 Å². The largest absolute Gasteiger partial charge is 0.448 e. The minimum Gasteiger partial charge on any atom is -0.448 e. The van der Waals surface area contributed by atoms with E-state index in [1.165, 1.54) is 11.3 Å². The molecule has 0 unspecified atom stereocenters. The van der Waals surface area contributed by atoms with Gasteiger partial charge in [-0.05, 0) is 33.5 Å². The van der Waals surface area contributed by atoms with Crippen LogP contribution in [0.3, 0.4) is 0 Å². The lowest BCUT2D eigenvalue weighted by molar-refractivity contribution is 0.0570. The fraction of sp³-hybridized carbons (Fsp3) is 0.579. The number of nitrogen functional groups attached to an aromatic ring is 1. The molecule has 2 aromatic rings. The highest BCUT2D eigenvalue weighted by atomic mass is 32.1. The molecule has 2 aromatic heterocycles. The monoisotopic (exact) mass is 422 g/mol. The molecule has 10 heteroatoms. The SMILES string of the molecule is CC.Cc1nnc2sc(C(=O)NC3CN(C(=O)OCCN(C)C)C3)c(N)c2c1C. The van der Waals surface area contributed by atoms with Crippen LogP contribution in [0.15, 0.2) is 0 Å². The van der Waals surface area contributed by atoms with Gasteiger partial charge in [0.2, 0.25) is 0 Å². The first kappa shape index (κ1) is 22.8. The van der Waals surface area contributed by atoms with E-state index in [4.69, 9.17) is 10.5 Å². The molecule has 3 N–H and O–H groups in total. The van der Waals surface area contributed by atoms with Crippen molar-refractivity contribution in [2.45, 2.75) is 33.7 Å². The van der Waals surface area contributed by atoms with Gasteiger partial charge >= 0.3 is 6.09 Å². The van der Waals surface area contributed by atoms with E-state index in [0.29, 0.717) is 41.6 Å². The number of ether oxygens (including phenoxy) is 1. The summed E-state index contributed by atoms with van der Waals surface area (Å²) in [6, 6.07) is -0.113. The summed E-state index contributed by atoms with van der Waals surface area (Å²) in [4.78, 5) is 29.1. The van der Waals surface area contributed by atoms with E-state index in [1.807, 2.05) is 46.7 Å². The third-order valence-electron chi connectivity index (χ3n) is 4.58. The molecule has 1 aliphatic heterocycles. The summed E-state index contributed by atoms with van der Waals surface area (Å²) >= 11 is 1.23. The lowest BCUT2D eigenvalue weighted by Crippen LogP contribution is -2.61. The quantitative estimate of drug-likeness (QED) is 0.758. The van der Waals surface area contributed by atoms with E-state index in [1.54, 1.807) is 4.90 Å². The van der Waals surface area contributed by atoms with Crippen LogP contribution < -0.4 is 11.1 Å². The van der Waals surface area contributed by atoms with Gasteiger partial charge in [-0.3, -0.25) is 4.79 Å². The summed E-state index contributed by atoms with van der Waals surface area (Å²) in [5, 5.41) is 11.9. The van der Waals surface area contributed by atoms with Crippen LogP contribution in [0, 0.1) is 13.8 Å². The number of nitrogens with zero attached hydrogens (tertiary/aromatic N) is 4. The minimum absolute atomic E-state index is 0.113. The van der Waals surface area contributed by atoms with E-state index in [9.17, 15) is 9.59 Å². The highest BCUT2D eigenvalue weighted by Gasteiger charge is 2.33. The van der Waals surface area contributed by atoms with Gasteiger partial charge in [0.05, 0.1) is 17.4 Å². The van der Waals surface area contributed by atoms with E-state index >= 15 is 0 Å². The van der Waals surface area contributed by atoms with Gasteiger partial charge in [-0.25, -0.2) is 4.79 Å². The van der Waals surface area contributed by atoms with Gasteiger partial charge in [0, 0.05) is 25.0 Å². The zero-order chi connectivity index (χ0) is 21.7. The average Bonchev–Trinajstić information content (AvgIpc) is 2.99. The maximum atomic E-state index is 12.6. The number of anilines is 1. The Hall–Kier alpha value is -2.46. The summed E-state index contributed by atoms with van der Waals surface area (Å²) in [6.45, 7) is 9.65. The second kappa shape index (κ2) is 9.84. The summed E-state index contributed by atoms with van der Waals surface area (Å²) in [6.07, 6.45) is -0.356. The summed E-state index contributed by atoms with van der Waals surface area (Å²) in [5.74, 6) is -0.252. The molecule has 3 rings (SSSR count). The molecule has 0 atom stereocenters. The summed E-state index contributed by atoms with van der Waals surface area (Å²) in [5.41, 5.74) is 8.35. The number of nitrogens with one attached hydrogen (secondary N) is 1. The lowest BCUT2D eigenvalue weighted by atomic mass is 10.1. The van der Waals surface area contributed by atoms with Gasteiger partial charge in [0.1, 0.15) is 16.3 Å². The number of rotatable bonds is 5. The normalized spacial score (nSPS) is 13.7. The molecule has 1 aliphatic rings. The molecule has 9 nitrogen and oxygen atoms in total. The maximum absolute atomic E-state index is 12.6. The van der Waals surface area contributed by atoms with Crippen molar-refractivity contribution >= 4 is 39.2 Å². The topological polar surface area (TPSA) is 114 Å². The molecule has 0 bridgehead atoms. The maximum Gasteiger partial charge on any atom is 0.409 e. The van der Waals surface area contributed by atoms with Crippen molar-refractivity contribution in [2.24, 2.45) is 0 Å². The number of nitrogens with two attached hydrogens (primary N) is 1.